The molecular formula is C13H20N2OS. The molecule has 1 aliphatic rings. The van der Waals surface area contributed by atoms with E-state index < -0.39 is 5.60 Å². The van der Waals surface area contributed by atoms with Crippen molar-refractivity contribution < 1.29 is 5.11 Å². The number of thioether (sulfide) groups is 1. The summed E-state index contributed by atoms with van der Waals surface area (Å²) in [6, 6.07) is 6.05. The molecular weight excluding hydrogens is 232 g/mol. The van der Waals surface area contributed by atoms with Crippen molar-refractivity contribution in [1.82, 2.24) is 5.32 Å². The summed E-state index contributed by atoms with van der Waals surface area (Å²) in [5.74, 6) is 0.762. The Bertz CT molecular complexity index is 389. The first-order valence-corrected chi connectivity index (χ1v) is 7.00. The lowest BCUT2D eigenvalue weighted by atomic mass is 9.95. The van der Waals surface area contributed by atoms with Gasteiger partial charge in [-0.05, 0) is 56.6 Å². The van der Waals surface area contributed by atoms with E-state index in [2.05, 4.69) is 11.4 Å². The first kappa shape index (κ1) is 12.7. The van der Waals surface area contributed by atoms with Gasteiger partial charge in [0, 0.05) is 16.3 Å². The molecule has 1 aromatic carbocycles. The van der Waals surface area contributed by atoms with Gasteiger partial charge in [-0.3, -0.25) is 0 Å². The first-order valence-electron chi connectivity index (χ1n) is 6.01. The highest BCUT2D eigenvalue weighted by atomic mass is 32.2. The predicted octanol–water partition coefficient (Wildman–Crippen LogP) is 1.78. The number of nitrogens with one attached hydrogen (secondary N) is 1. The van der Waals surface area contributed by atoms with Gasteiger partial charge >= 0.3 is 0 Å². The third-order valence-corrected chi connectivity index (χ3v) is 4.55. The zero-order valence-corrected chi connectivity index (χ0v) is 11.0. The molecule has 1 aliphatic heterocycles. The summed E-state index contributed by atoms with van der Waals surface area (Å²) in [7, 11) is 0. The maximum Gasteiger partial charge on any atom is 0.0765 e. The zero-order valence-electron chi connectivity index (χ0n) is 10.2. The van der Waals surface area contributed by atoms with Crippen molar-refractivity contribution in [2.75, 3.05) is 24.6 Å². The van der Waals surface area contributed by atoms with Crippen LogP contribution in [0.5, 0.6) is 0 Å². The van der Waals surface area contributed by atoms with Gasteiger partial charge in [-0.15, -0.1) is 11.8 Å². The number of hydrogen-bond acceptors (Lipinski definition) is 4. The Hall–Kier alpha value is -0.710. The van der Waals surface area contributed by atoms with Crippen LogP contribution in [0.15, 0.2) is 23.1 Å². The lowest BCUT2D eigenvalue weighted by molar-refractivity contribution is 0.0339. The molecule has 1 aromatic rings. The number of anilines is 1. The number of aryl methyl sites for hydroxylation is 1. The van der Waals surface area contributed by atoms with Crippen LogP contribution in [-0.4, -0.2) is 29.5 Å². The molecule has 0 aromatic heterocycles. The number of nitrogens with two attached hydrogens (primary N) is 1. The van der Waals surface area contributed by atoms with E-state index >= 15 is 0 Å². The summed E-state index contributed by atoms with van der Waals surface area (Å²) in [6.45, 7) is 3.84. The second-order valence-corrected chi connectivity index (χ2v) is 5.83. The summed E-state index contributed by atoms with van der Waals surface area (Å²) in [6.07, 6.45) is 1.68. The van der Waals surface area contributed by atoms with Crippen LogP contribution in [-0.2, 0) is 0 Å². The fourth-order valence-electron chi connectivity index (χ4n) is 1.99. The van der Waals surface area contributed by atoms with Crippen molar-refractivity contribution >= 4 is 17.4 Å². The van der Waals surface area contributed by atoms with Crippen molar-refractivity contribution in [3.05, 3.63) is 23.8 Å². The summed E-state index contributed by atoms with van der Waals surface area (Å²) < 4.78 is 0. The molecule has 2 rings (SSSR count). The van der Waals surface area contributed by atoms with E-state index in [1.54, 1.807) is 11.8 Å². The highest BCUT2D eigenvalue weighted by molar-refractivity contribution is 7.99. The lowest BCUT2D eigenvalue weighted by Gasteiger charge is -2.32. The van der Waals surface area contributed by atoms with Crippen LogP contribution in [0.2, 0.25) is 0 Å². The lowest BCUT2D eigenvalue weighted by Crippen LogP contribution is -2.43. The number of aliphatic hydroxyl groups is 1. The van der Waals surface area contributed by atoms with Gasteiger partial charge in [0.2, 0.25) is 0 Å². The Balaban J connectivity index is 1.94. The molecule has 0 spiro atoms. The van der Waals surface area contributed by atoms with Crippen LogP contribution in [0.4, 0.5) is 5.69 Å². The molecule has 0 unspecified atom stereocenters. The Morgan fingerprint density at radius 2 is 2.12 bits per heavy atom. The van der Waals surface area contributed by atoms with E-state index in [-0.39, 0.29) is 0 Å². The number of piperidine rings is 1. The van der Waals surface area contributed by atoms with Crippen LogP contribution < -0.4 is 11.1 Å². The van der Waals surface area contributed by atoms with Gasteiger partial charge in [-0.25, -0.2) is 0 Å². The van der Waals surface area contributed by atoms with E-state index in [4.69, 9.17) is 5.73 Å². The maximum absolute atomic E-state index is 10.4. The Labute approximate surface area is 107 Å². The van der Waals surface area contributed by atoms with E-state index in [1.807, 2.05) is 19.1 Å². The molecule has 0 amide bonds. The summed E-state index contributed by atoms with van der Waals surface area (Å²) >= 11 is 1.72. The van der Waals surface area contributed by atoms with Gasteiger partial charge in [0.25, 0.3) is 0 Å². The van der Waals surface area contributed by atoms with Gasteiger partial charge in [0.15, 0.2) is 0 Å². The molecule has 0 atom stereocenters. The topological polar surface area (TPSA) is 58.3 Å². The van der Waals surface area contributed by atoms with Crippen molar-refractivity contribution in [3.8, 4) is 0 Å². The van der Waals surface area contributed by atoms with Gasteiger partial charge in [-0.2, -0.15) is 0 Å². The molecule has 3 nitrogen and oxygen atoms in total. The van der Waals surface area contributed by atoms with E-state index in [9.17, 15) is 5.11 Å². The Morgan fingerprint density at radius 1 is 1.41 bits per heavy atom. The minimum atomic E-state index is -0.509. The molecule has 1 heterocycles. The molecule has 1 fully saturated rings. The van der Waals surface area contributed by atoms with Crippen molar-refractivity contribution in [1.29, 1.82) is 0 Å². The Morgan fingerprint density at radius 3 is 2.76 bits per heavy atom. The molecule has 0 aliphatic carbocycles. The second-order valence-electron chi connectivity index (χ2n) is 4.78. The molecule has 0 bridgehead atoms. The minimum absolute atomic E-state index is 0.509. The van der Waals surface area contributed by atoms with E-state index in [0.717, 1.165) is 42.9 Å². The van der Waals surface area contributed by atoms with Gasteiger partial charge in [0.1, 0.15) is 0 Å². The van der Waals surface area contributed by atoms with Crippen LogP contribution in [0.1, 0.15) is 18.4 Å². The standard InChI is InChI=1S/C13H20N2OS/c1-10-8-11(2-3-12(10)14)17-9-13(16)4-6-15-7-5-13/h2-3,8,15-16H,4-7,9,14H2,1H3. The maximum atomic E-state index is 10.4. The summed E-state index contributed by atoms with van der Waals surface area (Å²) in [5.41, 5.74) is 7.21. The van der Waals surface area contributed by atoms with Crippen LogP contribution >= 0.6 is 11.8 Å². The third-order valence-electron chi connectivity index (χ3n) is 3.28. The van der Waals surface area contributed by atoms with E-state index in [1.165, 1.54) is 4.90 Å². The monoisotopic (exact) mass is 252 g/mol. The van der Waals surface area contributed by atoms with Crippen LogP contribution in [0, 0.1) is 6.92 Å². The minimum Gasteiger partial charge on any atom is -0.399 e. The van der Waals surface area contributed by atoms with Crippen molar-refractivity contribution in [3.63, 3.8) is 0 Å². The number of hydrogen-bond donors (Lipinski definition) is 3. The third kappa shape index (κ3) is 3.37. The molecule has 4 heteroatoms. The largest absolute Gasteiger partial charge is 0.399 e. The molecule has 94 valence electrons. The fourth-order valence-corrected chi connectivity index (χ4v) is 3.14. The quantitative estimate of drug-likeness (QED) is 0.567. The number of nitrogen functional groups attached to an aromatic ring is 1. The van der Waals surface area contributed by atoms with Crippen molar-refractivity contribution in [2.24, 2.45) is 0 Å². The second kappa shape index (κ2) is 5.29. The van der Waals surface area contributed by atoms with Crippen molar-refractivity contribution in [2.45, 2.75) is 30.3 Å². The number of rotatable bonds is 3. The summed E-state index contributed by atoms with van der Waals surface area (Å²) in [4.78, 5) is 1.18. The van der Waals surface area contributed by atoms with Gasteiger partial charge in [0.05, 0.1) is 5.60 Å². The Kier molecular flexibility index (Phi) is 3.97. The molecule has 0 saturated carbocycles. The molecule has 0 radical (unpaired) electrons. The van der Waals surface area contributed by atoms with E-state index in [0.29, 0.717) is 0 Å². The van der Waals surface area contributed by atoms with Crippen LogP contribution in [0.3, 0.4) is 0 Å². The number of benzene rings is 1. The molecule has 17 heavy (non-hydrogen) atoms. The summed E-state index contributed by atoms with van der Waals surface area (Å²) in [5, 5.41) is 13.6. The van der Waals surface area contributed by atoms with Crippen LogP contribution in [0.25, 0.3) is 0 Å². The fraction of sp³-hybridized carbons (Fsp3) is 0.538. The SMILES string of the molecule is Cc1cc(SCC2(O)CCNCC2)ccc1N. The highest BCUT2D eigenvalue weighted by Crippen LogP contribution is 2.29. The zero-order chi connectivity index (χ0) is 12.3. The normalized spacial score (nSPS) is 19.2. The molecule has 1 saturated heterocycles. The molecule has 4 N–H and O–H groups in total. The van der Waals surface area contributed by atoms with Gasteiger partial charge < -0.3 is 16.2 Å². The highest BCUT2D eigenvalue weighted by Gasteiger charge is 2.28. The average molecular weight is 252 g/mol. The smallest absolute Gasteiger partial charge is 0.0765 e. The van der Waals surface area contributed by atoms with Gasteiger partial charge in [-0.1, -0.05) is 0 Å². The first-order chi connectivity index (χ1) is 8.09. The predicted molar refractivity (Wildman–Crippen MR) is 73.4 cm³/mol. The average Bonchev–Trinajstić information content (AvgIpc) is 2.32.